The van der Waals surface area contributed by atoms with Crippen LogP contribution in [0.5, 0.6) is 0 Å². The molecule has 0 aliphatic rings. The number of hydrogen-bond acceptors (Lipinski definition) is 5. The van der Waals surface area contributed by atoms with Gasteiger partial charge in [0.1, 0.15) is 17.5 Å². The van der Waals surface area contributed by atoms with E-state index in [2.05, 4.69) is 48.0 Å². The average molecular weight is 280 g/mol. The third kappa shape index (κ3) is 4.63. The number of aromatic nitrogens is 2. The van der Waals surface area contributed by atoms with Crippen molar-refractivity contribution in [3.63, 3.8) is 0 Å². The highest BCUT2D eigenvalue weighted by Gasteiger charge is 2.13. The van der Waals surface area contributed by atoms with Crippen molar-refractivity contribution in [3.8, 4) is 0 Å². The Morgan fingerprint density at radius 2 is 2.00 bits per heavy atom. The predicted molar refractivity (Wildman–Crippen MR) is 84.7 cm³/mol. The fraction of sp³-hybridized carbons (Fsp3) is 0.733. The quantitative estimate of drug-likeness (QED) is 0.705. The van der Waals surface area contributed by atoms with Gasteiger partial charge < -0.3 is 15.0 Å². The zero-order valence-corrected chi connectivity index (χ0v) is 13.5. The van der Waals surface area contributed by atoms with Gasteiger partial charge in [0, 0.05) is 45.8 Å². The molecular weight excluding hydrogens is 252 g/mol. The van der Waals surface area contributed by atoms with E-state index in [-0.39, 0.29) is 0 Å². The van der Waals surface area contributed by atoms with E-state index in [1.807, 2.05) is 0 Å². The number of ether oxygens (including phenoxy) is 1. The molecule has 1 aromatic rings. The van der Waals surface area contributed by atoms with Crippen LogP contribution in [0.3, 0.4) is 0 Å². The lowest BCUT2D eigenvalue weighted by Gasteiger charge is -2.22. The monoisotopic (exact) mass is 280 g/mol. The van der Waals surface area contributed by atoms with Crippen molar-refractivity contribution in [2.24, 2.45) is 0 Å². The number of anilines is 2. The fourth-order valence-corrected chi connectivity index (χ4v) is 2.05. The van der Waals surface area contributed by atoms with Crippen LogP contribution in [-0.2, 0) is 11.2 Å². The summed E-state index contributed by atoms with van der Waals surface area (Å²) in [5.74, 6) is 2.88. The maximum absolute atomic E-state index is 5.11. The van der Waals surface area contributed by atoms with Gasteiger partial charge in [0.05, 0.1) is 0 Å². The molecule has 0 bridgehead atoms. The van der Waals surface area contributed by atoms with Crippen LogP contribution >= 0.6 is 0 Å². The van der Waals surface area contributed by atoms with Crippen LogP contribution in [-0.4, -0.2) is 43.8 Å². The zero-order chi connectivity index (χ0) is 15.0. The van der Waals surface area contributed by atoms with Gasteiger partial charge in [-0.25, -0.2) is 9.97 Å². The Morgan fingerprint density at radius 3 is 2.60 bits per heavy atom. The Balaban J connectivity index is 2.92. The van der Waals surface area contributed by atoms with Gasteiger partial charge in [-0.2, -0.15) is 0 Å². The maximum atomic E-state index is 5.11. The lowest BCUT2D eigenvalue weighted by Crippen LogP contribution is -2.23. The Labute approximate surface area is 122 Å². The SMILES string of the molecule is CCCNc1nc(CC)nc(N(C)CCCOC)c1C. The molecule has 0 atom stereocenters. The summed E-state index contributed by atoms with van der Waals surface area (Å²) >= 11 is 0. The molecule has 0 radical (unpaired) electrons. The standard InChI is InChI=1S/C15H28N4O/c1-6-9-16-14-12(3)15(18-13(7-2)17-14)19(4)10-8-11-20-5/h6-11H2,1-5H3,(H,16,17,18). The number of methoxy groups -OCH3 is 1. The van der Waals surface area contributed by atoms with Crippen molar-refractivity contribution in [1.29, 1.82) is 0 Å². The lowest BCUT2D eigenvalue weighted by molar-refractivity contribution is 0.196. The molecule has 1 aromatic heterocycles. The van der Waals surface area contributed by atoms with Gasteiger partial charge in [-0.3, -0.25) is 0 Å². The molecule has 0 unspecified atom stereocenters. The Hall–Kier alpha value is -1.36. The summed E-state index contributed by atoms with van der Waals surface area (Å²) in [7, 11) is 3.81. The minimum Gasteiger partial charge on any atom is -0.385 e. The second-order valence-corrected chi connectivity index (χ2v) is 4.99. The van der Waals surface area contributed by atoms with E-state index in [0.29, 0.717) is 0 Å². The topological polar surface area (TPSA) is 50.3 Å². The second kappa shape index (κ2) is 8.74. The summed E-state index contributed by atoms with van der Waals surface area (Å²) in [5.41, 5.74) is 1.12. The summed E-state index contributed by atoms with van der Waals surface area (Å²) in [6, 6.07) is 0. The first-order valence-electron chi connectivity index (χ1n) is 7.45. The average Bonchev–Trinajstić information content (AvgIpc) is 2.46. The normalized spacial score (nSPS) is 10.7. The second-order valence-electron chi connectivity index (χ2n) is 4.99. The lowest BCUT2D eigenvalue weighted by atomic mass is 10.2. The molecule has 5 heteroatoms. The van der Waals surface area contributed by atoms with Gasteiger partial charge >= 0.3 is 0 Å². The summed E-state index contributed by atoms with van der Waals surface area (Å²) in [6.07, 6.45) is 2.93. The van der Waals surface area contributed by atoms with Gasteiger partial charge in [0.15, 0.2) is 0 Å². The smallest absolute Gasteiger partial charge is 0.137 e. The molecule has 114 valence electrons. The highest BCUT2D eigenvalue weighted by Crippen LogP contribution is 2.23. The van der Waals surface area contributed by atoms with Crippen molar-refractivity contribution in [2.45, 2.75) is 40.0 Å². The first kappa shape index (κ1) is 16.7. The first-order chi connectivity index (χ1) is 9.63. The molecule has 0 aromatic carbocycles. The van der Waals surface area contributed by atoms with Gasteiger partial charge in [-0.05, 0) is 19.8 Å². The molecule has 1 N–H and O–H groups in total. The molecule has 0 spiro atoms. The molecular formula is C15H28N4O. The summed E-state index contributed by atoms with van der Waals surface area (Å²) < 4.78 is 5.11. The molecule has 0 aliphatic carbocycles. The van der Waals surface area contributed by atoms with E-state index in [4.69, 9.17) is 4.74 Å². The van der Waals surface area contributed by atoms with Crippen molar-refractivity contribution in [1.82, 2.24) is 9.97 Å². The zero-order valence-electron chi connectivity index (χ0n) is 13.5. The van der Waals surface area contributed by atoms with Gasteiger partial charge in [-0.15, -0.1) is 0 Å². The third-order valence-electron chi connectivity index (χ3n) is 3.23. The van der Waals surface area contributed by atoms with E-state index >= 15 is 0 Å². The molecule has 1 rings (SSSR count). The van der Waals surface area contributed by atoms with Gasteiger partial charge in [0.2, 0.25) is 0 Å². The Bertz CT molecular complexity index is 409. The van der Waals surface area contributed by atoms with Crippen LogP contribution in [0.2, 0.25) is 0 Å². The summed E-state index contributed by atoms with van der Waals surface area (Å²) in [6.45, 7) is 8.97. The van der Waals surface area contributed by atoms with Crippen molar-refractivity contribution < 1.29 is 4.74 Å². The highest BCUT2D eigenvalue weighted by atomic mass is 16.5. The Morgan fingerprint density at radius 1 is 1.25 bits per heavy atom. The highest BCUT2D eigenvalue weighted by molar-refractivity contribution is 5.58. The third-order valence-corrected chi connectivity index (χ3v) is 3.23. The van der Waals surface area contributed by atoms with E-state index in [9.17, 15) is 0 Å². The number of rotatable bonds is 9. The van der Waals surface area contributed by atoms with Gasteiger partial charge in [0.25, 0.3) is 0 Å². The van der Waals surface area contributed by atoms with E-state index in [1.165, 1.54) is 0 Å². The van der Waals surface area contributed by atoms with E-state index in [1.54, 1.807) is 7.11 Å². The number of nitrogens with one attached hydrogen (secondary N) is 1. The van der Waals surface area contributed by atoms with E-state index in [0.717, 1.165) is 62.0 Å². The van der Waals surface area contributed by atoms with Crippen molar-refractivity contribution in [3.05, 3.63) is 11.4 Å². The Kier molecular flexibility index (Phi) is 7.30. The molecule has 0 saturated heterocycles. The molecule has 20 heavy (non-hydrogen) atoms. The number of aryl methyl sites for hydroxylation is 1. The molecule has 0 saturated carbocycles. The van der Waals surface area contributed by atoms with Crippen molar-refractivity contribution in [2.75, 3.05) is 44.1 Å². The maximum Gasteiger partial charge on any atom is 0.137 e. The van der Waals surface area contributed by atoms with Gasteiger partial charge in [-0.1, -0.05) is 13.8 Å². The largest absolute Gasteiger partial charge is 0.385 e. The summed E-state index contributed by atoms with van der Waals surface area (Å²) in [5, 5.41) is 3.40. The van der Waals surface area contributed by atoms with Crippen LogP contribution in [0, 0.1) is 6.92 Å². The molecule has 1 heterocycles. The molecule has 5 nitrogen and oxygen atoms in total. The van der Waals surface area contributed by atoms with Crippen LogP contribution in [0.25, 0.3) is 0 Å². The molecule has 0 fully saturated rings. The van der Waals surface area contributed by atoms with Crippen LogP contribution in [0.1, 0.15) is 38.1 Å². The van der Waals surface area contributed by atoms with Crippen molar-refractivity contribution >= 4 is 11.6 Å². The first-order valence-corrected chi connectivity index (χ1v) is 7.45. The molecule has 0 amide bonds. The number of nitrogens with zero attached hydrogens (tertiary/aromatic N) is 3. The number of hydrogen-bond donors (Lipinski definition) is 1. The predicted octanol–water partition coefficient (Wildman–Crippen LogP) is 2.64. The summed E-state index contributed by atoms with van der Waals surface area (Å²) in [4.78, 5) is 11.5. The van der Waals surface area contributed by atoms with Crippen LogP contribution in [0.4, 0.5) is 11.6 Å². The fourth-order valence-electron chi connectivity index (χ4n) is 2.05. The van der Waals surface area contributed by atoms with Crippen LogP contribution < -0.4 is 10.2 Å². The van der Waals surface area contributed by atoms with E-state index < -0.39 is 0 Å². The van der Waals surface area contributed by atoms with Crippen LogP contribution in [0.15, 0.2) is 0 Å². The molecule has 0 aliphatic heterocycles. The minimum absolute atomic E-state index is 0.774. The minimum atomic E-state index is 0.774.